The maximum Gasteiger partial charge on any atom is 0.0456 e. The molecule has 0 aliphatic heterocycles. The molecule has 1 heteroatoms. The topological polar surface area (TPSA) is 20.2 Å². The smallest absolute Gasteiger partial charge is 0.0456 e. The minimum absolute atomic E-state index is 0.344. The highest BCUT2D eigenvalue weighted by molar-refractivity contribution is 4.61. The Morgan fingerprint density at radius 1 is 0.632 bits per heavy atom. The molecule has 0 radical (unpaired) electrons. The minimum Gasteiger partial charge on any atom is -0.396 e. The van der Waals surface area contributed by atoms with Crippen LogP contribution >= 0.6 is 0 Å². The molecule has 0 heterocycles. The summed E-state index contributed by atoms with van der Waals surface area (Å²) in [5.74, 6) is 3.01. The Hall–Kier alpha value is -0.0400. The predicted octanol–water partition coefficient (Wildman–Crippen LogP) is 5.66. The lowest BCUT2D eigenvalue weighted by molar-refractivity contribution is 0.211. The molecule has 1 N–H and O–H groups in total. The van der Waals surface area contributed by atoms with E-state index in [0.29, 0.717) is 12.5 Å². The molecule has 116 valence electrons. The van der Waals surface area contributed by atoms with E-state index in [1.807, 2.05) is 0 Å². The lowest BCUT2D eigenvalue weighted by Crippen LogP contribution is -2.07. The second kappa shape index (κ2) is 11.8. The molecule has 0 aromatic carbocycles. The van der Waals surface area contributed by atoms with Crippen molar-refractivity contribution < 1.29 is 5.11 Å². The summed E-state index contributed by atoms with van der Waals surface area (Å²) in [6.45, 7) is 11.9. The number of rotatable bonds is 12. The van der Waals surface area contributed by atoms with E-state index in [2.05, 4.69) is 34.6 Å². The highest BCUT2D eigenvalue weighted by atomic mass is 16.3. The summed E-state index contributed by atoms with van der Waals surface area (Å²) < 4.78 is 0. The number of aliphatic hydroxyl groups is 1. The molecule has 19 heavy (non-hydrogen) atoms. The van der Waals surface area contributed by atoms with Gasteiger partial charge in [-0.3, -0.25) is 0 Å². The van der Waals surface area contributed by atoms with Gasteiger partial charge in [0.1, 0.15) is 0 Å². The van der Waals surface area contributed by atoms with Gasteiger partial charge in [0.15, 0.2) is 0 Å². The van der Waals surface area contributed by atoms with Gasteiger partial charge >= 0.3 is 0 Å². The van der Waals surface area contributed by atoms with E-state index in [1.54, 1.807) is 0 Å². The SMILES string of the molecule is CC(C)CCCC[C@@H](C)CCC[C@@H](C)C[C@@H](C)CO. The maximum absolute atomic E-state index is 9.06. The zero-order valence-corrected chi connectivity index (χ0v) is 14.1. The lowest BCUT2D eigenvalue weighted by Gasteiger charge is -2.17. The molecule has 0 spiro atoms. The summed E-state index contributed by atoms with van der Waals surface area (Å²) in [5, 5.41) is 9.06. The molecule has 0 aliphatic rings. The van der Waals surface area contributed by atoms with Gasteiger partial charge in [-0.2, -0.15) is 0 Å². The predicted molar refractivity (Wildman–Crippen MR) is 86.4 cm³/mol. The van der Waals surface area contributed by atoms with Crippen LogP contribution in [0.25, 0.3) is 0 Å². The fourth-order valence-electron chi connectivity index (χ4n) is 2.88. The summed E-state index contributed by atoms with van der Waals surface area (Å²) in [4.78, 5) is 0. The molecule has 0 unspecified atom stereocenters. The molecule has 0 fully saturated rings. The van der Waals surface area contributed by atoms with Crippen molar-refractivity contribution in [3.8, 4) is 0 Å². The van der Waals surface area contributed by atoms with Crippen LogP contribution in [0.2, 0.25) is 0 Å². The van der Waals surface area contributed by atoms with E-state index >= 15 is 0 Å². The lowest BCUT2D eigenvalue weighted by atomic mass is 9.90. The molecular formula is C18H38O. The normalized spacial score (nSPS) is 16.6. The fraction of sp³-hybridized carbons (Fsp3) is 1.00. The van der Waals surface area contributed by atoms with Crippen LogP contribution in [0.15, 0.2) is 0 Å². The summed E-state index contributed by atoms with van der Waals surface area (Å²) in [6.07, 6.45) is 10.9. The van der Waals surface area contributed by atoms with Gasteiger partial charge in [0, 0.05) is 6.61 Å². The second-order valence-electron chi connectivity index (χ2n) is 7.34. The fourth-order valence-corrected chi connectivity index (χ4v) is 2.88. The van der Waals surface area contributed by atoms with Crippen LogP contribution in [0.3, 0.4) is 0 Å². The first-order valence-corrected chi connectivity index (χ1v) is 8.56. The van der Waals surface area contributed by atoms with Crippen LogP contribution in [0, 0.1) is 23.7 Å². The average Bonchev–Trinajstić information content (AvgIpc) is 2.34. The van der Waals surface area contributed by atoms with Crippen LogP contribution in [0.5, 0.6) is 0 Å². The van der Waals surface area contributed by atoms with Crippen molar-refractivity contribution in [3.63, 3.8) is 0 Å². The van der Waals surface area contributed by atoms with Gasteiger partial charge in [0.05, 0.1) is 0 Å². The van der Waals surface area contributed by atoms with Gasteiger partial charge in [-0.1, -0.05) is 79.6 Å². The van der Waals surface area contributed by atoms with E-state index in [0.717, 1.165) is 17.8 Å². The van der Waals surface area contributed by atoms with Crippen LogP contribution in [0.4, 0.5) is 0 Å². The second-order valence-corrected chi connectivity index (χ2v) is 7.34. The van der Waals surface area contributed by atoms with Crippen molar-refractivity contribution in [1.82, 2.24) is 0 Å². The Labute approximate surface area is 122 Å². The number of hydrogen-bond donors (Lipinski definition) is 1. The quantitative estimate of drug-likeness (QED) is 0.453. The van der Waals surface area contributed by atoms with E-state index < -0.39 is 0 Å². The Bertz CT molecular complexity index is 188. The summed E-state index contributed by atoms with van der Waals surface area (Å²) in [7, 11) is 0. The molecule has 0 saturated carbocycles. The minimum atomic E-state index is 0.344. The zero-order chi connectivity index (χ0) is 14.7. The molecule has 0 aromatic rings. The number of hydrogen-bond acceptors (Lipinski definition) is 1. The first-order valence-electron chi connectivity index (χ1n) is 8.56. The van der Waals surface area contributed by atoms with Gasteiger partial charge < -0.3 is 5.11 Å². The van der Waals surface area contributed by atoms with Gasteiger partial charge in [-0.25, -0.2) is 0 Å². The Kier molecular flexibility index (Phi) is 11.7. The third-order valence-electron chi connectivity index (χ3n) is 4.24. The number of unbranched alkanes of at least 4 members (excludes halogenated alkanes) is 1. The van der Waals surface area contributed by atoms with Gasteiger partial charge in [-0.15, -0.1) is 0 Å². The van der Waals surface area contributed by atoms with Gasteiger partial charge in [-0.05, 0) is 30.1 Å². The Morgan fingerprint density at radius 2 is 1.16 bits per heavy atom. The van der Waals surface area contributed by atoms with Gasteiger partial charge in [0.2, 0.25) is 0 Å². The van der Waals surface area contributed by atoms with Crippen molar-refractivity contribution in [1.29, 1.82) is 0 Å². The molecule has 0 amide bonds. The highest BCUT2D eigenvalue weighted by Crippen LogP contribution is 2.22. The van der Waals surface area contributed by atoms with Crippen molar-refractivity contribution >= 4 is 0 Å². The van der Waals surface area contributed by atoms with Crippen LogP contribution in [-0.4, -0.2) is 11.7 Å². The van der Waals surface area contributed by atoms with E-state index in [1.165, 1.54) is 51.4 Å². The van der Waals surface area contributed by atoms with Crippen molar-refractivity contribution in [2.24, 2.45) is 23.7 Å². The number of aliphatic hydroxyl groups excluding tert-OH is 1. The third kappa shape index (κ3) is 12.7. The third-order valence-corrected chi connectivity index (χ3v) is 4.24. The molecule has 1 nitrogen and oxygen atoms in total. The average molecular weight is 271 g/mol. The van der Waals surface area contributed by atoms with Gasteiger partial charge in [0.25, 0.3) is 0 Å². The van der Waals surface area contributed by atoms with E-state index in [4.69, 9.17) is 5.11 Å². The molecule has 3 atom stereocenters. The molecule has 0 bridgehead atoms. The maximum atomic E-state index is 9.06. The van der Waals surface area contributed by atoms with Crippen LogP contribution in [0.1, 0.15) is 86.0 Å². The van der Waals surface area contributed by atoms with Crippen molar-refractivity contribution in [3.05, 3.63) is 0 Å². The summed E-state index contributed by atoms with van der Waals surface area (Å²) >= 11 is 0. The van der Waals surface area contributed by atoms with E-state index in [9.17, 15) is 0 Å². The molecule has 0 saturated heterocycles. The monoisotopic (exact) mass is 270 g/mol. The standard InChI is InChI=1S/C18H38O/c1-15(2)9-6-7-10-16(3)11-8-12-17(4)13-18(5)14-19/h15-19H,6-14H2,1-5H3/t16-,17-,18-/m1/s1. The molecule has 0 aliphatic carbocycles. The summed E-state index contributed by atoms with van der Waals surface area (Å²) in [5.41, 5.74) is 0. The van der Waals surface area contributed by atoms with Crippen LogP contribution < -0.4 is 0 Å². The largest absolute Gasteiger partial charge is 0.396 e. The van der Waals surface area contributed by atoms with Crippen molar-refractivity contribution in [2.75, 3.05) is 6.61 Å². The molecular weight excluding hydrogens is 232 g/mol. The van der Waals surface area contributed by atoms with E-state index in [-0.39, 0.29) is 0 Å². The summed E-state index contributed by atoms with van der Waals surface area (Å²) in [6, 6.07) is 0. The van der Waals surface area contributed by atoms with Crippen LogP contribution in [-0.2, 0) is 0 Å². The molecule has 0 aromatic heterocycles. The first kappa shape index (κ1) is 19.0. The zero-order valence-electron chi connectivity index (χ0n) is 14.1. The Balaban J connectivity index is 3.44. The van der Waals surface area contributed by atoms with Crippen molar-refractivity contribution in [2.45, 2.75) is 86.0 Å². The molecule has 0 rings (SSSR count). The Morgan fingerprint density at radius 3 is 1.74 bits per heavy atom. The highest BCUT2D eigenvalue weighted by Gasteiger charge is 2.09. The first-order chi connectivity index (χ1) is 8.95.